The molecule has 142 valence electrons. The standard InChI is InChI=1S/C19H20ClN3O3S/c1-13-19(14(2)23(22-13)17-9-7-16(20)8-10-17)27(24,25)21-12-15-5-4-6-18(11-15)26-3/h4-11,21H,12H2,1-3H3. The maximum Gasteiger partial charge on any atom is 0.244 e. The first-order valence-corrected chi connectivity index (χ1v) is 10.1. The Morgan fingerprint density at radius 1 is 1.15 bits per heavy atom. The van der Waals surface area contributed by atoms with E-state index >= 15 is 0 Å². The van der Waals surface area contributed by atoms with Gasteiger partial charge >= 0.3 is 0 Å². The minimum Gasteiger partial charge on any atom is -0.497 e. The number of sulfonamides is 1. The summed E-state index contributed by atoms with van der Waals surface area (Å²) in [5.41, 5.74) is 2.51. The van der Waals surface area contributed by atoms with Crippen LogP contribution in [0.1, 0.15) is 17.0 Å². The molecule has 0 fully saturated rings. The van der Waals surface area contributed by atoms with Gasteiger partial charge in [0.05, 0.1) is 24.2 Å². The van der Waals surface area contributed by atoms with Crippen molar-refractivity contribution in [3.05, 3.63) is 70.5 Å². The molecule has 2 aromatic carbocycles. The van der Waals surface area contributed by atoms with E-state index in [0.29, 0.717) is 22.2 Å². The van der Waals surface area contributed by atoms with Crippen LogP contribution in [-0.4, -0.2) is 25.3 Å². The molecular weight excluding hydrogens is 386 g/mol. The topological polar surface area (TPSA) is 73.2 Å². The molecule has 0 atom stereocenters. The van der Waals surface area contributed by atoms with Crippen LogP contribution in [0.3, 0.4) is 0 Å². The number of nitrogens with zero attached hydrogens (tertiary/aromatic N) is 2. The molecule has 1 aromatic heterocycles. The van der Waals surface area contributed by atoms with Crippen molar-refractivity contribution in [3.63, 3.8) is 0 Å². The molecule has 0 saturated heterocycles. The van der Waals surface area contributed by atoms with Crippen molar-refractivity contribution in [2.75, 3.05) is 7.11 Å². The van der Waals surface area contributed by atoms with Crippen LogP contribution in [0.25, 0.3) is 5.69 Å². The third-order valence-corrected chi connectivity index (χ3v) is 6.07. The van der Waals surface area contributed by atoms with Gasteiger partial charge in [0, 0.05) is 11.6 Å². The van der Waals surface area contributed by atoms with E-state index in [0.717, 1.165) is 11.3 Å². The number of ether oxygens (including phenoxy) is 1. The van der Waals surface area contributed by atoms with Gasteiger partial charge in [0.2, 0.25) is 10.0 Å². The van der Waals surface area contributed by atoms with Crippen LogP contribution in [0.15, 0.2) is 53.4 Å². The average molecular weight is 406 g/mol. The van der Waals surface area contributed by atoms with Gasteiger partial charge in [-0.1, -0.05) is 23.7 Å². The van der Waals surface area contributed by atoms with Crippen LogP contribution in [0.5, 0.6) is 5.75 Å². The Morgan fingerprint density at radius 3 is 2.52 bits per heavy atom. The lowest BCUT2D eigenvalue weighted by molar-refractivity contribution is 0.414. The van der Waals surface area contributed by atoms with Crippen molar-refractivity contribution in [3.8, 4) is 11.4 Å². The highest BCUT2D eigenvalue weighted by Gasteiger charge is 2.25. The molecule has 0 saturated carbocycles. The van der Waals surface area contributed by atoms with Gasteiger partial charge in [-0.05, 0) is 55.8 Å². The molecule has 0 bridgehead atoms. The molecule has 0 radical (unpaired) electrons. The summed E-state index contributed by atoms with van der Waals surface area (Å²) < 4.78 is 35.2. The molecule has 6 nitrogen and oxygen atoms in total. The van der Waals surface area contributed by atoms with E-state index in [9.17, 15) is 8.42 Å². The first-order chi connectivity index (χ1) is 12.8. The van der Waals surface area contributed by atoms with E-state index in [-0.39, 0.29) is 11.4 Å². The monoisotopic (exact) mass is 405 g/mol. The summed E-state index contributed by atoms with van der Waals surface area (Å²) in [6, 6.07) is 14.3. The highest BCUT2D eigenvalue weighted by Crippen LogP contribution is 2.23. The molecule has 0 amide bonds. The summed E-state index contributed by atoms with van der Waals surface area (Å²) >= 11 is 5.92. The molecule has 0 aliphatic carbocycles. The summed E-state index contributed by atoms with van der Waals surface area (Å²) in [5, 5.41) is 5.00. The van der Waals surface area contributed by atoms with Gasteiger partial charge < -0.3 is 4.74 Å². The lowest BCUT2D eigenvalue weighted by Crippen LogP contribution is -2.24. The fraction of sp³-hybridized carbons (Fsp3) is 0.211. The van der Waals surface area contributed by atoms with E-state index in [1.165, 1.54) is 0 Å². The second kappa shape index (κ2) is 7.72. The van der Waals surface area contributed by atoms with Crippen molar-refractivity contribution in [1.29, 1.82) is 0 Å². The molecule has 0 unspecified atom stereocenters. The third-order valence-electron chi connectivity index (χ3n) is 4.17. The van der Waals surface area contributed by atoms with Crippen LogP contribution in [0, 0.1) is 13.8 Å². The van der Waals surface area contributed by atoms with Crippen LogP contribution in [-0.2, 0) is 16.6 Å². The summed E-state index contributed by atoms with van der Waals surface area (Å²) in [7, 11) is -2.16. The third kappa shape index (κ3) is 4.16. The van der Waals surface area contributed by atoms with Gasteiger partial charge in [-0.2, -0.15) is 5.10 Å². The summed E-state index contributed by atoms with van der Waals surface area (Å²) in [6.45, 7) is 3.57. The maximum atomic E-state index is 12.9. The SMILES string of the molecule is COc1cccc(CNS(=O)(=O)c2c(C)nn(-c3ccc(Cl)cc3)c2C)c1. The Labute approximate surface area is 163 Å². The van der Waals surface area contributed by atoms with E-state index in [1.807, 2.05) is 18.2 Å². The Balaban J connectivity index is 1.89. The first kappa shape index (κ1) is 19.4. The van der Waals surface area contributed by atoms with E-state index < -0.39 is 10.0 Å². The van der Waals surface area contributed by atoms with Crippen molar-refractivity contribution >= 4 is 21.6 Å². The number of benzene rings is 2. The van der Waals surface area contributed by atoms with Crippen LogP contribution in [0.4, 0.5) is 0 Å². The maximum absolute atomic E-state index is 12.9. The number of nitrogens with one attached hydrogen (secondary N) is 1. The fourth-order valence-electron chi connectivity index (χ4n) is 2.88. The number of aryl methyl sites for hydroxylation is 1. The molecule has 3 aromatic rings. The minimum atomic E-state index is -3.73. The molecule has 0 spiro atoms. The average Bonchev–Trinajstić information content (AvgIpc) is 2.96. The minimum absolute atomic E-state index is 0.157. The molecule has 0 aliphatic heterocycles. The van der Waals surface area contributed by atoms with Crippen molar-refractivity contribution in [2.45, 2.75) is 25.3 Å². The van der Waals surface area contributed by atoms with Gasteiger partial charge in [0.15, 0.2) is 0 Å². The predicted octanol–water partition coefficient (Wildman–Crippen LogP) is 3.63. The van der Waals surface area contributed by atoms with E-state index in [4.69, 9.17) is 16.3 Å². The Kier molecular flexibility index (Phi) is 5.55. The molecule has 0 aliphatic rings. The fourth-order valence-corrected chi connectivity index (χ4v) is 4.42. The highest BCUT2D eigenvalue weighted by molar-refractivity contribution is 7.89. The highest BCUT2D eigenvalue weighted by atomic mass is 35.5. The number of hydrogen-bond acceptors (Lipinski definition) is 4. The number of aromatic nitrogens is 2. The zero-order chi connectivity index (χ0) is 19.6. The Bertz CT molecular complexity index is 1060. The number of hydrogen-bond donors (Lipinski definition) is 1. The molecule has 3 rings (SSSR count). The van der Waals surface area contributed by atoms with Crippen LogP contribution >= 0.6 is 11.6 Å². The second-order valence-corrected chi connectivity index (χ2v) is 8.20. The Hall–Kier alpha value is -2.35. The predicted molar refractivity (Wildman–Crippen MR) is 105 cm³/mol. The van der Waals surface area contributed by atoms with Gasteiger partial charge in [-0.25, -0.2) is 17.8 Å². The molecule has 8 heteroatoms. The quantitative estimate of drug-likeness (QED) is 0.679. The van der Waals surface area contributed by atoms with Gasteiger partial charge in [0.25, 0.3) is 0 Å². The van der Waals surface area contributed by atoms with Crippen molar-refractivity contribution in [2.24, 2.45) is 0 Å². The molecule has 27 heavy (non-hydrogen) atoms. The van der Waals surface area contributed by atoms with Gasteiger partial charge in [0.1, 0.15) is 10.6 Å². The lowest BCUT2D eigenvalue weighted by atomic mass is 10.2. The van der Waals surface area contributed by atoms with Crippen LogP contribution in [0.2, 0.25) is 5.02 Å². The van der Waals surface area contributed by atoms with Crippen LogP contribution < -0.4 is 9.46 Å². The molecule has 1 N–H and O–H groups in total. The number of halogens is 1. The summed E-state index contributed by atoms with van der Waals surface area (Å²) in [6.07, 6.45) is 0. The largest absolute Gasteiger partial charge is 0.497 e. The van der Waals surface area contributed by atoms with Gasteiger partial charge in [-0.15, -0.1) is 0 Å². The number of rotatable bonds is 6. The van der Waals surface area contributed by atoms with Crippen molar-refractivity contribution < 1.29 is 13.2 Å². The molecular formula is C19H20ClN3O3S. The van der Waals surface area contributed by atoms with Gasteiger partial charge in [-0.3, -0.25) is 0 Å². The van der Waals surface area contributed by atoms with E-state index in [2.05, 4.69) is 9.82 Å². The second-order valence-electron chi connectivity index (χ2n) is 6.06. The zero-order valence-electron chi connectivity index (χ0n) is 15.2. The lowest BCUT2D eigenvalue weighted by Gasteiger charge is -2.09. The Morgan fingerprint density at radius 2 is 1.85 bits per heavy atom. The zero-order valence-corrected chi connectivity index (χ0v) is 16.8. The van der Waals surface area contributed by atoms with Crippen molar-refractivity contribution in [1.82, 2.24) is 14.5 Å². The van der Waals surface area contributed by atoms with E-state index in [1.54, 1.807) is 56.0 Å². The summed E-state index contributed by atoms with van der Waals surface area (Å²) in [5.74, 6) is 0.676. The normalized spacial score (nSPS) is 11.6. The smallest absolute Gasteiger partial charge is 0.244 e. The summed E-state index contributed by atoms with van der Waals surface area (Å²) in [4.78, 5) is 0.181. The first-order valence-electron chi connectivity index (χ1n) is 8.26. The number of methoxy groups -OCH3 is 1. The molecule has 1 heterocycles.